The maximum atomic E-state index is 13.2. The van der Waals surface area contributed by atoms with Gasteiger partial charge in [-0.05, 0) is 56.3 Å². The van der Waals surface area contributed by atoms with Crippen LogP contribution in [-0.2, 0) is 4.79 Å². The summed E-state index contributed by atoms with van der Waals surface area (Å²) in [6.45, 7) is 3.43. The Balaban J connectivity index is 1.81. The zero-order valence-electron chi connectivity index (χ0n) is 16.6. The fraction of sp³-hybridized carbons (Fsp3) is 0.0909. The average molecular weight is 420 g/mol. The fourth-order valence-corrected chi connectivity index (χ4v) is 3.19. The number of anilines is 1. The van der Waals surface area contributed by atoms with E-state index >= 15 is 0 Å². The van der Waals surface area contributed by atoms with Crippen LogP contribution in [-0.4, -0.2) is 26.3 Å². The van der Waals surface area contributed by atoms with Gasteiger partial charge in [0.1, 0.15) is 11.4 Å². The van der Waals surface area contributed by atoms with Crippen LogP contribution in [0.5, 0.6) is 5.88 Å². The molecule has 4 rings (SSSR count). The van der Waals surface area contributed by atoms with Crippen molar-refractivity contribution in [1.29, 1.82) is 0 Å². The van der Waals surface area contributed by atoms with E-state index in [9.17, 15) is 23.9 Å². The van der Waals surface area contributed by atoms with Gasteiger partial charge in [-0.3, -0.25) is 14.6 Å². The smallest absolute Gasteiger partial charge is 0.335 e. The van der Waals surface area contributed by atoms with Crippen LogP contribution in [0.1, 0.15) is 18.1 Å². The molecule has 0 atom stereocenters. The van der Waals surface area contributed by atoms with Gasteiger partial charge in [-0.2, -0.15) is 10.1 Å². The minimum Gasteiger partial charge on any atom is -0.494 e. The van der Waals surface area contributed by atoms with Crippen LogP contribution in [0.4, 0.5) is 10.1 Å². The first kappa shape index (κ1) is 20.0. The van der Waals surface area contributed by atoms with Crippen LogP contribution < -0.4 is 16.3 Å². The molecule has 2 heterocycles. The molecule has 0 unspecified atom stereocenters. The molecule has 1 aromatic heterocycles. The van der Waals surface area contributed by atoms with E-state index in [0.717, 1.165) is 15.1 Å². The number of benzene rings is 2. The Kier molecular flexibility index (Phi) is 4.86. The van der Waals surface area contributed by atoms with Gasteiger partial charge in [0.2, 0.25) is 5.88 Å². The van der Waals surface area contributed by atoms with Crippen molar-refractivity contribution in [3.63, 3.8) is 0 Å². The highest BCUT2D eigenvalue weighted by molar-refractivity contribution is 6.32. The molecule has 0 bridgehead atoms. The Bertz CT molecular complexity index is 1370. The highest BCUT2D eigenvalue weighted by Gasteiger charge is 2.30. The third-order valence-electron chi connectivity index (χ3n) is 4.84. The van der Waals surface area contributed by atoms with Gasteiger partial charge < -0.3 is 5.11 Å². The van der Waals surface area contributed by atoms with E-state index in [1.807, 2.05) is 6.92 Å². The number of aromatic amines is 1. The molecule has 2 N–H and O–H groups in total. The van der Waals surface area contributed by atoms with E-state index in [2.05, 4.69) is 10.1 Å². The molecule has 0 radical (unpaired) electrons. The lowest BCUT2D eigenvalue weighted by Gasteiger charge is -2.12. The SMILES string of the molecule is CC1=NN(c2ccc(F)cc2)C(=O)/C1=C/c1c(O)n(-c2ccc(C)cc2)c(=O)[nH]c1=O. The molecule has 0 aliphatic carbocycles. The van der Waals surface area contributed by atoms with E-state index in [1.54, 1.807) is 31.2 Å². The number of nitrogens with zero attached hydrogens (tertiary/aromatic N) is 3. The first-order valence-corrected chi connectivity index (χ1v) is 9.29. The van der Waals surface area contributed by atoms with E-state index in [4.69, 9.17) is 0 Å². The van der Waals surface area contributed by atoms with Gasteiger partial charge in [0, 0.05) is 0 Å². The first-order valence-electron chi connectivity index (χ1n) is 9.29. The molecule has 0 saturated carbocycles. The van der Waals surface area contributed by atoms with E-state index in [0.29, 0.717) is 17.1 Å². The number of aromatic nitrogens is 2. The molecule has 1 amide bonds. The molecule has 0 saturated heterocycles. The maximum absolute atomic E-state index is 13.2. The second kappa shape index (κ2) is 7.52. The monoisotopic (exact) mass is 420 g/mol. The number of hydrogen-bond donors (Lipinski definition) is 2. The minimum atomic E-state index is -0.848. The topological polar surface area (TPSA) is 108 Å². The summed E-state index contributed by atoms with van der Waals surface area (Å²) in [5, 5.41) is 15.9. The number of nitrogens with one attached hydrogen (secondary N) is 1. The summed E-state index contributed by atoms with van der Waals surface area (Å²) in [6.07, 6.45) is 1.18. The molecule has 1 aliphatic rings. The standard InChI is InChI=1S/C22H17FN4O4/c1-12-3-7-15(8-4-12)26-20(29)18(19(28)24-22(26)31)11-17-13(2)25-27(21(17)30)16-9-5-14(23)6-10-16/h3-11,29H,1-2H3,(H,24,28,31)/b17-11+. The Morgan fingerprint density at radius 3 is 2.23 bits per heavy atom. The Morgan fingerprint density at radius 2 is 1.58 bits per heavy atom. The molecule has 0 spiro atoms. The van der Waals surface area contributed by atoms with Crippen LogP contribution in [0, 0.1) is 12.7 Å². The third kappa shape index (κ3) is 3.57. The third-order valence-corrected chi connectivity index (χ3v) is 4.84. The lowest BCUT2D eigenvalue weighted by atomic mass is 10.1. The summed E-state index contributed by atoms with van der Waals surface area (Å²) in [5.74, 6) is -1.62. The van der Waals surface area contributed by atoms with Gasteiger partial charge in [0.15, 0.2) is 0 Å². The molecule has 156 valence electrons. The fourth-order valence-electron chi connectivity index (χ4n) is 3.19. The van der Waals surface area contributed by atoms with Crippen molar-refractivity contribution in [3.8, 4) is 11.6 Å². The second-order valence-corrected chi connectivity index (χ2v) is 7.00. The molecule has 1 aliphatic heterocycles. The van der Waals surface area contributed by atoms with E-state index in [1.165, 1.54) is 30.3 Å². The summed E-state index contributed by atoms with van der Waals surface area (Å²) in [4.78, 5) is 39.8. The van der Waals surface area contributed by atoms with E-state index in [-0.39, 0.29) is 11.1 Å². The first-order chi connectivity index (χ1) is 14.8. The summed E-state index contributed by atoms with van der Waals surface area (Å²) >= 11 is 0. The second-order valence-electron chi connectivity index (χ2n) is 7.00. The van der Waals surface area contributed by atoms with Gasteiger partial charge in [0.05, 0.1) is 22.7 Å². The van der Waals surface area contributed by atoms with Crippen molar-refractivity contribution >= 4 is 23.4 Å². The maximum Gasteiger partial charge on any atom is 0.335 e. The zero-order valence-corrected chi connectivity index (χ0v) is 16.6. The van der Waals surface area contributed by atoms with Gasteiger partial charge in [-0.25, -0.2) is 13.8 Å². The summed E-state index contributed by atoms with van der Waals surface area (Å²) in [5.41, 5.74) is 0.0626. The predicted molar refractivity (Wildman–Crippen MR) is 114 cm³/mol. The minimum absolute atomic E-state index is 0.0548. The number of hydrazone groups is 1. The number of amides is 1. The van der Waals surface area contributed by atoms with Gasteiger partial charge >= 0.3 is 5.69 Å². The molecule has 2 aromatic carbocycles. The van der Waals surface area contributed by atoms with Crippen molar-refractivity contribution < 1.29 is 14.3 Å². The van der Waals surface area contributed by atoms with Crippen LogP contribution >= 0.6 is 0 Å². The normalized spacial score (nSPS) is 14.9. The van der Waals surface area contributed by atoms with Crippen LogP contribution in [0.3, 0.4) is 0 Å². The lowest BCUT2D eigenvalue weighted by molar-refractivity contribution is -0.114. The number of rotatable bonds is 3. The number of hydrogen-bond acceptors (Lipinski definition) is 5. The summed E-state index contributed by atoms with van der Waals surface area (Å²) in [6, 6.07) is 11.9. The van der Waals surface area contributed by atoms with Crippen molar-refractivity contribution in [2.24, 2.45) is 5.10 Å². The molecular formula is C22H17FN4O4. The number of aromatic hydroxyl groups is 1. The Morgan fingerprint density at radius 1 is 0.968 bits per heavy atom. The van der Waals surface area contributed by atoms with Crippen LogP contribution in [0.25, 0.3) is 11.8 Å². The number of H-pyrrole nitrogens is 1. The highest BCUT2D eigenvalue weighted by Crippen LogP contribution is 2.26. The Labute approximate surface area is 175 Å². The number of carbonyl (C=O) groups is 1. The largest absolute Gasteiger partial charge is 0.494 e. The van der Waals surface area contributed by atoms with Gasteiger partial charge in [0.25, 0.3) is 11.5 Å². The number of carbonyl (C=O) groups excluding carboxylic acids is 1. The zero-order chi connectivity index (χ0) is 22.3. The lowest BCUT2D eigenvalue weighted by Crippen LogP contribution is -2.30. The number of aryl methyl sites for hydroxylation is 1. The summed E-state index contributed by atoms with van der Waals surface area (Å²) < 4.78 is 14.1. The number of halogens is 1. The van der Waals surface area contributed by atoms with Crippen molar-refractivity contribution in [1.82, 2.24) is 9.55 Å². The Hall–Kier alpha value is -4.27. The van der Waals surface area contributed by atoms with E-state index < -0.39 is 28.9 Å². The van der Waals surface area contributed by atoms with Crippen molar-refractivity contribution in [3.05, 3.63) is 91.9 Å². The molecule has 31 heavy (non-hydrogen) atoms. The highest BCUT2D eigenvalue weighted by atomic mass is 19.1. The van der Waals surface area contributed by atoms with Gasteiger partial charge in [-0.15, -0.1) is 0 Å². The van der Waals surface area contributed by atoms with Crippen LogP contribution in [0.15, 0.2) is 68.8 Å². The molecule has 3 aromatic rings. The molecule has 0 fully saturated rings. The summed E-state index contributed by atoms with van der Waals surface area (Å²) in [7, 11) is 0. The molecule has 9 heteroatoms. The van der Waals surface area contributed by atoms with Crippen LogP contribution in [0.2, 0.25) is 0 Å². The average Bonchev–Trinajstić information content (AvgIpc) is 3.01. The van der Waals surface area contributed by atoms with Crippen molar-refractivity contribution in [2.45, 2.75) is 13.8 Å². The molecule has 8 nitrogen and oxygen atoms in total. The predicted octanol–water partition coefficient (Wildman–Crippen LogP) is 2.49. The quantitative estimate of drug-likeness (QED) is 0.635. The van der Waals surface area contributed by atoms with Crippen molar-refractivity contribution in [2.75, 3.05) is 5.01 Å². The molecular weight excluding hydrogens is 403 g/mol. The van der Waals surface area contributed by atoms with Gasteiger partial charge in [-0.1, -0.05) is 17.7 Å².